The number of carbonyl (C=O) groups excluding carboxylic acids is 1. The lowest BCUT2D eigenvalue weighted by atomic mass is 9.76. The summed E-state index contributed by atoms with van der Waals surface area (Å²) in [6.07, 6.45) is -6.14. The number of hydrogen-bond donors (Lipinski definition) is 2. The molecule has 1 aliphatic carbocycles. The molecule has 184 valence electrons. The molecule has 0 bridgehead atoms. The van der Waals surface area contributed by atoms with Crippen molar-refractivity contribution in [2.75, 3.05) is 14.2 Å². The van der Waals surface area contributed by atoms with Crippen LogP contribution in [0, 0.1) is 11.7 Å². The van der Waals surface area contributed by atoms with Crippen LogP contribution in [0.3, 0.4) is 0 Å². The zero-order chi connectivity index (χ0) is 25.3. The molecule has 0 spiro atoms. The summed E-state index contributed by atoms with van der Waals surface area (Å²) in [5.41, 5.74) is -1.55. The number of methoxy groups -OCH3 is 2. The highest BCUT2D eigenvalue weighted by Gasteiger charge is 2.49. The number of amides is 1. The summed E-state index contributed by atoms with van der Waals surface area (Å²) in [5, 5.41) is 12.3. The fraction of sp³-hybridized carbons (Fsp3) is 0.391. The first-order chi connectivity index (χ1) is 15.9. The first kappa shape index (κ1) is 25.6. The van der Waals surface area contributed by atoms with Crippen LogP contribution in [-0.2, 0) is 4.79 Å². The molecular formula is C23H22ClF4NO5. The van der Waals surface area contributed by atoms with Crippen molar-refractivity contribution in [2.24, 2.45) is 5.92 Å². The smallest absolute Gasteiger partial charge is 0.391 e. The van der Waals surface area contributed by atoms with Crippen LogP contribution in [0.4, 0.5) is 17.6 Å². The lowest BCUT2D eigenvalue weighted by Crippen LogP contribution is -2.57. The maximum Gasteiger partial charge on any atom is 0.391 e. The van der Waals surface area contributed by atoms with E-state index < -0.39 is 61.0 Å². The number of benzene rings is 2. The Morgan fingerprint density at radius 1 is 1.12 bits per heavy atom. The highest BCUT2D eigenvalue weighted by molar-refractivity contribution is 6.32. The Morgan fingerprint density at radius 3 is 2.26 bits per heavy atom. The minimum absolute atomic E-state index is 0.169. The standard InChI is InChI=1S/C23H22ClF4NO5/c1-33-18-4-3-12(10-16(18)24)15-9-13(11-17(25)19(15)34-2)20(30)29-22(21(31)32)7-5-14(6-8-22)23(26,27)28/h3-4,9-11,14H,5-8H2,1-2H3,(H,29,30)(H,31,32)/t14-,22-. The lowest BCUT2D eigenvalue weighted by molar-refractivity contribution is -0.187. The molecule has 34 heavy (non-hydrogen) atoms. The van der Waals surface area contributed by atoms with E-state index in [1.807, 2.05) is 0 Å². The largest absolute Gasteiger partial charge is 0.495 e. The van der Waals surface area contributed by atoms with E-state index in [0.29, 0.717) is 11.3 Å². The second kappa shape index (κ2) is 9.69. The van der Waals surface area contributed by atoms with Gasteiger partial charge in [0.2, 0.25) is 0 Å². The maximum absolute atomic E-state index is 14.8. The van der Waals surface area contributed by atoms with Crippen molar-refractivity contribution in [1.29, 1.82) is 0 Å². The molecule has 0 heterocycles. The zero-order valence-electron chi connectivity index (χ0n) is 18.3. The van der Waals surface area contributed by atoms with Gasteiger partial charge < -0.3 is 19.9 Å². The summed E-state index contributed by atoms with van der Waals surface area (Å²) in [4.78, 5) is 24.9. The number of ether oxygens (including phenoxy) is 2. The number of halogens is 5. The Morgan fingerprint density at radius 2 is 1.76 bits per heavy atom. The Hall–Kier alpha value is -3.01. The second-order valence-corrected chi connectivity index (χ2v) is 8.45. The number of nitrogens with one attached hydrogen (secondary N) is 1. The predicted molar refractivity (Wildman–Crippen MR) is 116 cm³/mol. The van der Waals surface area contributed by atoms with Crippen molar-refractivity contribution in [3.05, 3.63) is 46.7 Å². The Kier molecular flexibility index (Phi) is 7.30. The Labute approximate surface area is 197 Å². The summed E-state index contributed by atoms with van der Waals surface area (Å²) < 4.78 is 64.1. The zero-order valence-corrected chi connectivity index (χ0v) is 19.0. The van der Waals surface area contributed by atoms with E-state index in [-0.39, 0.29) is 21.9 Å². The summed E-state index contributed by atoms with van der Waals surface area (Å²) in [5.74, 6) is -4.70. The first-order valence-corrected chi connectivity index (χ1v) is 10.6. The van der Waals surface area contributed by atoms with Gasteiger partial charge in [0.25, 0.3) is 5.91 Å². The summed E-state index contributed by atoms with van der Waals surface area (Å²) in [7, 11) is 2.66. The number of carbonyl (C=O) groups is 2. The van der Waals surface area contributed by atoms with Crippen molar-refractivity contribution in [3.8, 4) is 22.6 Å². The molecule has 0 unspecified atom stereocenters. The van der Waals surface area contributed by atoms with Gasteiger partial charge >= 0.3 is 12.1 Å². The molecule has 0 saturated heterocycles. The van der Waals surface area contributed by atoms with Gasteiger partial charge in [0.05, 0.1) is 25.2 Å². The third-order valence-electron chi connectivity index (χ3n) is 6.04. The molecule has 2 aromatic rings. The van der Waals surface area contributed by atoms with Crippen molar-refractivity contribution in [1.82, 2.24) is 5.32 Å². The van der Waals surface area contributed by atoms with Crippen LogP contribution in [-0.4, -0.2) is 42.9 Å². The minimum Gasteiger partial charge on any atom is -0.495 e. The molecule has 1 saturated carbocycles. The maximum atomic E-state index is 14.8. The second-order valence-electron chi connectivity index (χ2n) is 8.05. The van der Waals surface area contributed by atoms with E-state index >= 15 is 0 Å². The van der Waals surface area contributed by atoms with Gasteiger partial charge in [-0.25, -0.2) is 9.18 Å². The Balaban J connectivity index is 1.94. The van der Waals surface area contributed by atoms with Crippen LogP contribution in [0.5, 0.6) is 11.5 Å². The molecule has 0 atom stereocenters. The summed E-state index contributed by atoms with van der Waals surface area (Å²) in [6.45, 7) is 0. The van der Waals surface area contributed by atoms with Gasteiger partial charge in [0.1, 0.15) is 11.3 Å². The van der Waals surface area contributed by atoms with E-state index in [1.165, 1.54) is 26.4 Å². The van der Waals surface area contributed by atoms with Gasteiger partial charge in [-0.15, -0.1) is 0 Å². The van der Waals surface area contributed by atoms with E-state index in [9.17, 15) is 32.3 Å². The van der Waals surface area contributed by atoms with Crippen molar-refractivity contribution in [3.63, 3.8) is 0 Å². The molecule has 11 heteroatoms. The van der Waals surface area contributed by atoms with Crippen LogP contribution >= 0.6 is 11.6 Å². The highest BCUT2D eigenvalue weighted by atomic mass is 35.5. The van der Waals surface area contributed by atoms with Crippen LogP contribution in [0.1, 0.15) is 36.0 Å². The van der Waals surface area contributed by atoms with Crippen LogP contribution in [0.25, 0.3) is 11.1 Å². The molecule has 0 aromatic heterocycles. The number of rotatable bonds is 6. The van der Waals surface area contributed by atoms with Crippen molar-refractivity contribution >= 4 is 23.5 Å². The molecule has 6 nitrogen and oxygen atoms in total. The predicted octanol–water partition coefficient (Wildman–Crippen LogP) is 5.47. The van der Waals surface area contributed by atoms with E-state index in [4.69, 9.17) is 21.1 Å². The lowest BCUT2D eigenvalue weighted by Gasteiger charge is -2.38. The van der Waals surface area contributed by atoms with Gasteiger partial charge in [-0.2, -0.15) is 13.2 Å². The average Bonchev–Trinajstić information content (AvgIpc) is 2.78. The number of hydrogen-bond acceptors (Lipinski definition) is 4. The normalized spacial score (nSPS) is 20.5. The fourth-order valence-corrected chi connectivity index (χ4v) is 4.36. The molecular weight excluding hydrogens is 482 g/mol. The van der Waals surface area contributed by atoms with Crippen LogP contribution in [0.2, 0.25) is 5.02 Å². The SMILES string of the molecule is COc1ccc(-c2cc(C(=O)N[C@]3(C(=O)O)CC[C@@H](C(F)(F)F)CC3)cc(F)c2OC)cc1Cl. The van der Waals surface area contributed by atoms with Gasteiger partial charge in [-0.3, -0.25) is 4.79 Å². The Bertz CT molecular complexity index is 1100. The fourth-order valence-electron chi connectivity index (χ4n) is 4.10. The highest BCUT2D eigenvalue weighted by Crippen LogP contribution is 2.42. The molecule has 2 N–H and O–H groups in total. The van der Waals surface area contributed by atoms with Crippen LogP contribution < -0.4 is 14.8 Å². The molecule has 2 aromatic carbocycles. The molecule has 1 aliphatic rings. The molecule has 3 rings (SSSR count). The van der Waals surface area contributed by atoms with E-state index in [0.717, 1.165) is 6.07 Å². The van der Waals surface area contributed by atoms with Gasteiger partial charge in [0.15, 0.2) is 11.6 Å². The molecule has 1 fully saturated rings. The molecule has 1 amide bonds. The topological polar surface area (TPSA) is 84.9 Å². The minimum atomic E-state index is -4.44. The quantitative estimate of drug-likeness (QED) is 0.511. The number of carboxylic acid groups (broad SMARTS) is 1. The molecule has 0 aliphatic heterocycles. The third kappa shape index (κ3) is 5.06. The summed E-state index contributed by atoms with van der Waals surface area (Å²) >= 11 is 6.16. The number of aliphatic carboxylic acids is 1. The first-order valence-electron chi connectivity index (χ1n) is 10.3. The third-order valence-corrected chi connectivity index (χ3v) is 6.33. The van der Waals surface area contributed by atoms with E-state index in [1.54, 1.807) is 12.1 Å². The summed E-state index contributed by atoms with van der Waals surface area (Å²) in [6, 6.07) is 6.77. The average molecular weight is 504 g/mol. The van der Waals surface area contributed by atoms with Crippen LogP contribution in [0.15, 0.2) is 30.3 Å². The van der Waals surface area contributed by atoms with Crippen molar-refractivity contribution < 1.29 is 41.7 Å². The molecule has 0 radical (unpaired) electrons. The van der Waals surface area contributed by atoms with Gasteiger partial charge in [-0.1, -0.05) is 17.7 Å². The van der Waals surface area contributed by atoms with Gasteiger partial charge in [0, 0.05) is 11.1 Å². The monoisotopic (exact) mass is 503 g/mol. The van der Waals surface area contributed by atoms with Crippen molar-refractivity contribution in [2.45, 2.75) is 37.4 Å². The number of carboxylic acids is 1. The van der Waals surface area contributed by atoms with Gasteiger partial charge in [-0.05, 0) is 55.5 Å². The van der Waals surface area contributed by atoms with E-state index in [2.05, 4.69) is 5.32 Å². The number of alkyl halides is 3.